The van der Waals surface area contributed by atoms with Crippen molar-refractivity contribution in [3.63, 3.8) is 0 Å². The standard InChI is InChI=1S/C15H12ClFO2/c16-13-8-11(17)2-3-12(13)15(18)10-1-4-14-9(7-10)5-6-19-14/h1-4,7-8,15,18H,5-6H2. The van der Waals surface area contributed by atoms with E-state index >= 15 is 0 Å². The number of fused-ring (bicyclic) bond motifs is 1. The Morgan fingerprint density at radius 2 is 2.05 bits per heavy atom. The lowest BCUT2D eigenvalue weighted by molar-refractivity contribution is 0.220. The third kappa shape index (κ3) is 2.31. The van der Waals surface area contributed by atoms with Crippen molar-refractivity contribution in [3.8, 4) is 5.75 Å². The Balaban J connectivity index is 1.97. The molecule has 0 bridgehead atoms. The third-order valence-corrected chi connectivity index (χ3v) is 3.61. The maximum Gasteiger partial charge on any atom is 0.124 e. The lowest BCUT2D eigenvalue weighted by atomic mass is 9.99. The highest BCUT2D eigenvalue weighted by Gasteiger charge is 2.18. The monoisotopic (exact) mass is 278 g/mol. The second-order valence-corrected chi connectivity index (χ2v) is 4.94. The highest BCUT2D eigenvalue weighted by Crippen LogP contribution is 2.33. The summed E-state index contributed by atoms with van der Waals surface area (Å²) in [6.07, 6.45) is -0.0217. The molecule has 0 aliphatic carbocycles. The summed E-state index contributed by atoms with van der Waals surface area (Å²) in [7, 11) is 0. The molecular formula is C15H12ClFO2. The van der Waals surface area contributed by atoms with Gasteiger partial charge in [-0.05, 0) is 35.4 Å². The lowest BCUT2D eigenvalue weighted by Gasteiger charge is -2.14. The average Bonchev–Trinajstić information content (AvgIpc) is 2.85. The van der Waals surface area contributed by atoms with Crippen LogP contribution in [0.25, 0.3) is 0 Å². The van der Waals surface area contributed by atoms with Crippen LogP contribution in [0.3, 0.4) is 0 Å². The van der Waals surface area contributed by atoms with Gasteiger partial charge >= 0.3 is 0 Å². The number of hydrogen-bond acceptors (Lipinski definition) is 2. The van der Waals surface area contributed by atoms with Crippen molar-refractivity contribution >= 4 is 11.6 Å². The van der Waals surface area contributed by atoms with Gasteiger partial charge in [-0.25, -0.2) is 4.39 Å². The summed E-state index contributed by atoms with van der Waals surface area (Å²) in [4.78, 5) is 0. The molecule has 2 aromatic carbocycles. The summed E-state index contributed by atoms with van der Waals surface area (Å²) in [5.41, 5.74) is 2.31. The molecular weight excluding hydrogens is 267 g/mol. The van der Waals surface area contributed by atoms with Crippen molar-refractivity contribution in [1.82, 2.24) is 0 Å². The quantitative estimate of drug-likeness (QED) is 0.911. The SMILES string of the molecule is OC(c1ccc2c(c1)CCO2)c1ccc(F)cc1Cl. The number of ether oxygens (including phenoxy) is 1. The van der Waals surface area contributed by atoms with Crippen LogP contribution in [0.15, 0.2) is 36.4 Å². The van der Waals surface area contributed by atoms with E-state index in [1.165, 1.54) is 18.2 Å². The van der Waals surface area contributed by atoms with Gasteiger partial charge < -0.3 is 9.84 Å². The van der Waals surface area contributed by atoms with E-state index in [1.807, 2.05) is 12.1 Å². The second-order valence-electron chi connectivity index (χ2n) is 4.53. The lowest BCUT2D eigenvalue weighted by Crippen LogP contribution is -2.01. The molecule has 19 heavy (non-hydrogen) atoms. The van der Waals surface area contributed by atoms with E-state index in [-0.39, 0.29) is 5.02 Å². The van der Waals surface area contributed by atoms with E-state index in [0.717, 1.165) is 23.3 Å². The minimum absolute atomic E-state index is 0.226. The highest BCUT2D eigenvalue weighted by atomic mass is 35.5. The summed E-state index contributed by atoms with van der Waals surface area (Å²) in [5, 5.41) is 10.6. The molecule has 3 rings (SSSR count). The molecule has 4 heteroatoms. The molecule has 0 saturated heterocycles. The molecule has 1 aliphatic heterocycles. The summed E-state index contributed by atoms with van der Waals surface area (Å²) < 4.78 is 18.4. The summed E-state index contributed by atoms with van der Waals surface area (Å²) in [6, 6.07) is 9.56. The molecule has 0 fully saturated rings. The van der Waals surface area contributed by atoms with Crippen LogP contribution in [0.2, 0.25) is 5.02 Å². The van der Waals surface area contributed by atoms with Crippen LogP contribution in [0.1, 0.15) is 22.8 Å². The smallest absolute Gasteiger partial charge is 0.124 e. The molecule has 0 amide bonds. The molecule has 0 spiro atoms. The van der Waals surface area contributed by atoms with Gasteiger partial charge in [0.2, 0.25) is 0 Å². The first kappa shape index (κ1) is 12.5. The van der Waals surface area contributed by atoms with Gasteiger partial charge in [-0.15, -0.1) is 0 Å². The molecule has 0 radical (unpaired) electrons. The molecule has 1 heterocycles. The van der Waals surface area contributed by atoms with Gasteiger partial charge in [-0.1, -0.05) is 23.7 Å². The van der Waals surface area contributed by atoms with Gasteiger partial charge in [0.25, 0.3) is 0 Å². The van der Waals surface area contributed by atoms with Crippen molar-refractivity contribution in [3.05, 3.63) is 63.9 Å². The summed E-state index contributed by atoms with van der Waals surface area (Å²) in [6.45, 7) is 0.673. The molecule has 1 unspecified atom stereocenters. The number of halogens is 2. The first-order valence-electron chi connectivity index (χ1n) is 6.04. The van der Waals surface area contributed by atoms with Gasteiger partial charge in [0, 0.05) is 17.0 Å². The topological polar surface area (TPSA) is 29.5 Å². The largest absolute Gasteiger partial charge is 0.493 e. The summed E-state index contributed by atoms with van der Waals surface area (Å²) in [5.74, 6) is 0.449. The van der Waals surface area contributed by atoms with Crippen LogP contribution in [0, 0.1) is 5.82 Å². The van der Waals surface area contributed by atoms with E-state index in [4.69, 9.17) is 16.3 Å². The van der Waals surface area contributed by atoms with Gasteiger partial charge in [0.1, 0.15) is 17.7 Å². The molecule has 2 nitrogen and oxygen atoms in total. The van der Waals surface area contributed by atoms with E-state index in [1.54, 1.807) is 6.07 Å². The maximum atomic E-state index is 13.0. The third-order valence-electron chi connectivity index (χ3n) is 3.29. The second kappa shape index (κ2) is 4.83. The zero-order chi connectivity index (χ0) is 13.4. The fraction of sp³-hybridized carbons (Fsp3) is 0.200. The number of rotatable bonds is 2. The number of aliphatic hydroxyl groups excluding tert-OH is 1. The molecule has 2 aromatic rings. The molecule has 0 saturated carbocycles. The highest BCUT2D eigenvalue weighted by molar-refractivity contribution is 6.31. The Hall–Kier alpha value is -1.58. The van der Waals surface area contributed by atoms with Gasteiger partial charge in [0.15, 0.2) is 0 Å². The van der Waals surface area contributed by atoms with Crippen LogP contribution in [-0.4, -0.2) is 11.7 Å². The molecule has 1 aliphatic rings. The molecule has 1 atom stereocenters. The zero-order valence-electron chi connectivity index (χ0n) is 10.1. The van der Waals surface area contributed by atoms with Crippen LogP contribution < -0.4 is 4.74 Å². The van der Waals surface area contributed by atoms with Crippen molar-refractivity contribution in [2.75, 3.05) is 6.61 Å². The first-order chi connectivity index (χ1) is 9.15. The van der Waals surface area contributed by atoms with Crippen LogP contribution in [0.5, 0.6) is 5.75 Å². The normalized spacial score (nSPS) is 14.9. The predicted molar refractivity (Wildman–Crippen MR) is 71.1 cm³/mol. The molecule has 1 N–H and O–H groups in total. The Labute approximate surface area is 115 Å². The van der Waals surface area contributed by atoms with Crippen LogP contribution in [-0.2, 0) is 6.42 Å². The van der Waals surface area contributed by atoms with Crippen molar-refractivity contribution < 1.29 is 14.2 Å². The predicted octanol–water partition coefficient (Wildman–Crippen LogP) is 3.50. The van der Waals surface area contributed by atoms with Gasteiger partial charge in [-0.2, -0.15) is 0 Å². The van der Waals surface area contributed by atoms with Crippen LogP contribution in [0.4, 0.5) is 4.39 Å². The minimum Gasteiger partial charge on any atom is -0.493 e. The number of benzene rings is 2. The zero-order valence-corrected chi connectivity index (χ0v) is 10.8. The fourth-order valence-corrected chi connectivity index (χ4v) is 2.55. The van der Waals surface area contributed by atoms with Crippen molar-refractivity contribution in [1.29, 1.82) is 0 Å². The van der Waals surface area contributed by atoms with Crippen LogP contribution >= 0.6 is 11.6 Å². The van der Waals surface area contributed by atoms with Crippen molar-refractivity contribution in [2.45, 2.75) is 12.5 Å². The van der Waals surface area contributed by atoms with Gasteiger partial charge in [-0.3, -0.25) is 0 Å². The Kier molecular flexibility index (Phi) is 3.17. The van der Waals surface area contributed by atoms with E-state index < -0.39 is 11.9 Å². The minimum atomic E-state index is -0.862. The Morgan fingerprint density at radius 1 is 1.21 bits per heavy atom. The maximum absolute atomic E-state index is 13.0. The summed E-state index contributed by atoms with van der Waals surface area (Å²) >= 11 is 5.97. The molecule has 98 valence electrons. The average molecular weight is 279 g/mol. The van der Waals surface area contributed by atoms with E-state index in [2.05, 4.69) is 0 Å². The Bertz CT molecular complexity index is 628. The van der Waals surface area contributed by atoms with Gasteiger partial charge in [0.05, 0.1) is 6.61 Å². The number of aliphatic hydroxyl groups is 1. The molecule has 0 aromatic heterocycles. The van der Waals surface area contributed by atoms with E-state index in [9.17, 15) is 9.50 Å². The first-order valence-corrected chi connectivity index (χ1v) is 6.41. The van der Waals surface area contributed by atoms with Crippen molar-refractivity contribution in [2.24, 2.45) is 0 Å². The fourth-order valence-electron chi connectivity index (χ4n) is 2.28. The van der Waals surface area contributed by atoms with E-state index in [0.29, 0.717) is 12.2 Å². The Morgan fingerprint density at radius 3 is 2.84 bits per heavy atom. The number of hydrogen-bond donors (Lipinski definition) is 1.